The first-order valence-corrected chi connectivity index (χ1v) is 10.7. The molecule has 0 bridgehead atoms. The Morgan fingerprint density at radius 3 is 2.53 bits per heavy atom. The smallest absolute Gasteiger partial charge is 0.224 e. The molecule has 1 unspecified atom stereocenters. The predicted octanol–water partition coefficient (Wildman–Crippen LogP) is 3.99. The second-order valence-corrected chi connectivity index (χ2v) is 8.34. The van der Waals surface area contributed by atoms with Crippen LogP contribution in [0.5, 0.6) is 5.75 Å². The van der Waals surface area contributed by atoms with E-state index < -0.39 is 0 Å². The van der Waals surface area contributed by atoms with Crippen molar-refractivity contribution in [2.45, 2.75) is 46.2 Å². The van der Waals surface area contributed by atoms with Crippen molar-refractivity contribution in [2.75, 3.05) is 20.2 Å². The maximum atomic E-state index is 12.4. The van der Waals surface area contributed by atoms with E-state index in [1.54, 1.807) is 25.3 Å². The monoisotopic (exact) mass is 408 g/mol. The summed E-state index contributed by atoms with van der Waals surface area (Å²) < 4.78 is 5.33. The van der Waals surface area contributed by atoms with Gasteiger partial charge in [-0.1, -0.05) is 31.2 Å². The predicted molar refractivity (Wildman–Crippen MR) is 119 cm³/mol. The van der Waals surface area contributed by atoms with Crippen molar-refractivity contribution in [1.82, 2.24) is 10.2 Å². The molecule has 3 rings (SSSR count). The zero-order valence-electron chi connectivity index (χ0n) is 18.2. The summed E-state index contributed by atoms with van der Waals surface area (Å²) in [5.74, 6) is 1.27. The number of carbonyl (C=O) groups is 2. The minimum Gasteiger partial charge on any atom is -0.496 e. The fourth-order valence-electron chi connectivity index (χ4n) is 4.02. The number of hydrogen-bond acceptors (Lipinski definition) is 4. The molecule has 0 aliphatic carbocycles. The quantitative estimate of drug-likeness (QED) is 0.671. The van der Waals surface area contributed by atoms with Crippen LogP contribution >= 0.6 is 0 Å². The van der Waals surface area contributed by atoms with E-state index in [1.807, 2.05) is 0 Å². The maximum Gasteiger partial charge on any atom is 0.224 e. The van der Waals surface area contributed by atoms with Crippen LogP contribution in [-0.2, 0) is 24.3 Å². The lowest BCUT2D eigenvalue weighted by molar-refractivity contribution is -0.120. The van der Waals surface area contributed by atoms with Crippen LogP contribution in [0.2, 0.25) is 0 Å². The highest BCUT2D eigenvalue weighted by molar-refractivity contribution is 5.94. The van der Waals surface area contributed by atoms with Crippen LogP contribution in [0.4, 0.5) is 0 Å². The fraction of sp³-hybridized carbons (Fsp3) is 0.440. The molecule has 1 fully saturated rings. The molecule has 0 saturated carbocycles. The Morgan fingerprint density at radius 2 is 1.87 bits per heavy atom. The number of ether oxygens (including phenoxy) is 1. The molecule has 1 N–H and O–H groups in total. The normalized spacial score (nSPS) is 16.8. The molecule has 1 saturated heterocycles. The molecule has 5 heteroatoms. The first-order chi connectivity index (χ1) is 14.4. The molecule has 0 radical (unpaired) electrons. The molecule has 30 heavy (non-hydrogen) atoms. The summed E-state index contributed by atoms with van der Waals surface area (Å²) in [5, 5.41) is 2.96. The number of rotatable bonds is 8. The summed E-state index contributed by atoms with van der Waals surface area (Å²) in [6.45, 7) is 7.66. The number of ketones is 1. The second-order valence-electron chi connectivity index (χ2n) is 8.34. The van der Waals surface area contributed by atoms with Gasteiger partial charge >= 0.3 is 0 Å². The van der Waals surface area contributed by atoms with Crippen molar-refractivity contribution >= 4 is 11.7 Å². The summed E-state index contributed by atoms with van der Waals surface area (Å²) in [6, 6.07) is 13.7. The first-order valence-electron chi connectivity index (χ1n) is 10.7. The van der Waals surface area contributed by atoms with Gasteiger partial charge in [-0.2, -0.15) is 0 Å². The number of likely N-dealkylation sites (tertiary alicyclic amines) is 1. The number of benzene rings is 2. The van der Waals surface area contributed by atoms with Gasteiger partial charge in [0.05, 0.1) is 13.5 Å². The third-order valence-electron chi connectivity index (χ3n) is 5.70. The van der Waals surface area contributed by atoms with Gasteiger partial charge in [0.1, 0.15) is 5.75 Å². The van der Waals surface area contributed by atoms with E-state index in [4.69, 9.17) is 4.74 Å². The van der Waals surface area contributed by atoms with Crippen LogP contribution in [0.1, 0.15) is 53.7 Å². The molecule has 1 aliphatic heterocycles. The summed E-state index contributed by atoms with van der Waals surface area (Å²) >= 11 is 0. The van der Waals surface area contributed by atoms with Gasteiger partial charge in [-0.15, -0.1) is 0 Å². The van der Waals surface area contributed by atoms with E-state index in [1.165, 1.54) is 38.4 Å². The molecule has 0 spiro atoms. The summed E-state index contributed by atoms with van der Waals surface area (Å²) in [6.07, 6.45) is 2.79. The lowest BCUT2D eigenvalue weighted by atomic mass is 9.99. The van der Waals surface area contributed by atoms with E-state index >= 15 is 0 Å². The third kappa shape index (κ3) is 6.17. The number of nitrogens with one attached hydrogen (secondary N) is 1. The Morgan fingerprint density at radius 1 is 1.13 bits per heavy atom. The third-order valence-corrected chi connectivity index (χ3v) is 5.70. The van der Waals surface area contributed by atoms with Crippen molar-refractivity contribution < 1.29 is 14.3 Å². The fourth-order valence-corrected chi connectivity index (χ4v) is 4.02. The van der Waals surface area contributed by atoms with E-state index in [-0.39, 0.29) is 18.1 Å². The van der Waals surface area contributed by atoms with Gasteiger partial charge < -0.3 is 10.1 Å². The molecule has 1 amide bonds. The van der Waals surface area contributed by atoms with Crippen molar-refractivity contribution in [3.05, 3.63) is 64.7 Å². The highest BCUT2D eigenvalue weighted by Crippen LogP contribution is 2.21. The van der Waals surface area contributed by atoms with E-state index in [2.05, 4.69) is 41.4 Å². The molecular formula is C25H32N2O3. The minimum absolute atomic E-state index is 0.0292. The average Bonchev–Trinajstić information content (AvgIpc) is 2.73. The lowest BCUT2D eigenvalue weighted by Crippen LogP contribution is -2.33. The van der Waals surface area contributed by atoms with E-state index in [9.17, 15) is 9.59 Å². The number of carbonyl (C=O) groups excluding carboxylic acids is 2. The van der Waals surface area contributed by atoms with Crippen molar-refractivity contribution in [2.24, 2.45) is 5.92 Å². The topological polar surface area (TPSA) is 58.6 Å². The van der Waals surface area contributed by atoms with E-state index in [0.29, 0.717) is 23.4 Å². The molecule has 1 heterocycles. The highest BCUT2D eigenvalue weighted by Gasteiger charge is 2.16. The van der Waals surface area contributed by atoms with Gasteiger partial charge in [0, 0.05) is 30.8 Å². The van der Waals surface area contributed by atoms with Gasteiger partial charge in [-0.3, -0.25) is 14.5 Å². The largest absolute Gasteiger partial charge is 0.496 e. The van der Waals surface area contributed by atoms with Gasteiger partial charge in [0.2, 0.25) is 5.91 Å². The van der Waals surface area contributed by atoms with E-state index in [0.717, 1.165) is 18.0 Å². The molecule has 0 aromatic heterocycles. The number of amides is 1. The molecule has 2 aromatic carbocycles. The standard InChI is InChI=1S/C25H32N2O3/c1-18-5-4-12-27(16-18)17-21-8-6-20(7-9-21)15-26-25(29)14-23-13-22(19(2)28)10-11-24(23)30-3/h6-11,13,18H,4-5,12,14-17H2,1-3H3,(H,26,29). The van der Waals surface area contributed by atoms with Crippen molar-refractivity contribution in [1.29, 1.82) is 0 Å². The minimum atomic E-state index is -0.0969. The van der Waals surface area contributed by atoms with Gasteiger partial charge in [0.25, 0.3) is 0 Å². The van der Waals surface area contributed by atoms with Crippen LogP contribution in [-0.4, -0.2) is 36.8 Å². The van der Waals surface area contributed by atoms with Gasteiger partial charge in [0.15, 0.2) is 5.78 Å². The number of hydrogen-bond donors (Lipinski definition) is 1. The van der Waals surface area contributed by atoms with Crippen molar-refractivity contribution in [3.8, 4) is 5.75 Å². The number of methoxy groups -OCH3 is 1. The maximum absolute atomic E-state index is 12.4. The number of nitrogens with zero attached hydrogens (tertiary/aromatic N) is 1. The molecule has 5 nitrogen and oxygen atoms in total. The Hall–Kier alpha value is -2.66. The molecular weight excluding hydrogens is 376 g/mol. The van der Waals surface area contributed by atoms with Gasteiger partial charge in [-0.05, 0) is 61.6 Å². The zero-order chi connectivity index (χ0) is 21.5. The average molecular weight is 409 g/mol. The van der Waals surface area contributed by atoms with Crippen LogP contribution in [0.3, 0.4) is 0 Å². The molecule has 1 aliphatic rings. The summed E-state index contributed by atoms with van der Waals surface area (Å²) in [7, 11) is 1.57. The second kappa shape index (κ2) is 10.4. The Bertz CT molecular complexity index is 876. The van der Waals surface area contributed by atoms with Crippen LogP contribution in [0.25, 0.3) is 0 Å². The Balaban J connectivity index is 1.52. The molecule has 160 valence electrons. The molecule has 1 atom stereocenters. The Labute approximate surface area is 179 Å². The van der Waals surface area contributed by atoms with Crippen LogP contribution in [0.15, 0.2) is 42.5 Å². The summed E-state index contributed by atoms with van der Waals surface area (Å²) in [5.41, 5.74) is 3.68. The Kier molecular flexibility index (Phi) is 7.63. The SMILES string of the molecule is COc1ccc(C(C)=O)cc1CC(=O)NCc1ccc(CN2CCCC(C)C2)cc1. The molecule has 2 aromatic rings. The highest BCUT2D eigenvalue weighted by atomic mass is 16.5. The first kappa shape index (κ1) is 22.0. The van der Waals surface area contributed by atoms with Crippen molar-refractivity contribution in [3.63, 3.8) is 0 Å². The lowest BCUT2D eigenvalue weighted by Gasteiger charge is -2.30. The summed E-state index contributed by atoms with van der Waals surface area (Å²) in [4.78, 5) is 26.6. The number of piperidine rings is 1. The zero-order valence-corrected chi connectivity index (χ0v) is 18.2. The number of Topliss-reactive ketones (excluding diaryl/α,β-unsaturated/α-hetero) is 1. The van der Waals surface area contributed by atoms with Crippen LogP contribution in [0, 0.1) is 5.92 Å². The van der Waals surface area contributed by atoms with Crippen LogP contribution < -0.4 is 10.1 Å². The van der Waals surface area contributed by atoms with Gasteiger partial charge in [-0.25, -0.2) is 0 Å².